The standard InChI is InChI=1S/C17H21N2O4P/c1-13(18)17(20)19-14(2)24(21,22-15-9-5-3-6-10-15)23-16-11-7-4-8-12-16/h3-14H,18H2,1-2H3,(H,19,20)/t13-,14?/m0/s1. The predicted molar refractivity (Wildman–Crippen MR) is 93.0 cm³/mol. The Balaban J connectivity index is 2.26. The maximum Gasteiger partial charge on any atom is 0.452 e. The first kappa shape index (κ1) is 18.0. The highest BCUT2D eigenvalue weighted by molar-refractivity contribution is 7.55. The molecule has 0 aliphatic heterocycles. The molecule has 0 aromatic heterocycles. The quantitative estimate of drug-likeness (QED) is 0.750. The molecule has 0 spiro atoms. The molecule has 0 saturated heterocycles. The van der Waals surface area contributed by atoms with Gasteiger partial charge in [0.15, 0.2) is 5.78 Å². The minimum absolute atomic E-state index is 0.388. The van der Waals surface area contributed by atoms with E-state index in [0.717, 1.165) is 0 Å². The summed E-state index contributed by atoms with van der Waals surface area (Å²) in [5.74, 6) is -0.537. The highest BCUT2D eigenvalue weighted by atomic mass is 31.2. The Morgan fingerprint density at radius 1 is 0.958 bits per heavy atom. The third-order valence-electron chi connectivity index (χ3n) is 3.19. The van der Waals surface area contributed by atoms with Crippen LogP contribution >= 0.6 is 7.60 Å². The summed E-state index contributed by atoms with van der Waals surface area (Å²) in [4.78, 5) is 11.8. The van der Waals surface area contributed by atoms with Gasteiger partial charge in [-0.05, 0) is 38.1 Å². The Morgan fingerprint density at radius 2 is 1.38 bits per heavy atom. The highest BCUT2D eigenvalue weighted by Crippen LogP contribution is 2.51. The van der Waals surface area contributed by atoms with Crippen LogP contribution in [-0.2, 0) is 9.36 Å². The van der Waals surface area contributed by atoms with Crippen molar-refractivity contribution in [2.24, 2.45) is 5.73 Å². The van der Waals surface area contributed by atoms with Crippen molar-refractivity contribution in [1.82, 2.24) is 5.32 Å². The molecule has 2 aromatic rings. The Hall–Kier alpha value is -2.30. The molecule has 1 unspecified atom stereocenters. The summed E-state index contributed by atoms with van der Waals surface area (Å²) in [5, 5.41) is 2.58. The van der Waals surface area contributed by atoms with Crippen molar-refractivity contribution in [1.29, 1.82) is 0 Å². The Bertz CT molecular complexity index is 662. The van der Waals surface area contributed by atoms with Crippen molar-refractivity contribution in [2.45, 2.75) is 25.7 Å². The van der Waals surface area contributed by atoms with Crippen LogP contribution in [-0.4, -0.2) is 17.7 Å². The molecule has 2 aromatic carbocycles. The Morgan fingerprint density at radius 3 is 1.75 bits per heavy atom. The molecule has 24 heavy (non-hydrogen) atoms. The third kappa shape index (κ3) is 4.85. The summed E-state index contributed by atoms with van der Waals surface area (Å²) in [7, 11) is -3.74. The van der Waals surface area contributed by atoms with E-state index in [1.54, 1.807) is 62.4 Å². The van der Waals surface area contributed by atoms with Gasteiger partial charge in [0, 0.05) is 0 Å². The molecule has 1 amide bonds. The lowest BCUT2D eigenvalue weighted by molar-refractivity contribution is -0.122. The maximum atomic E-state index is 13.3. The topological polar surface area (TPSA) is 90.7 Å². The molecule has 0 radical (unpaired) electrons. The molecular weight excluding hydrogens is 327 g/mol. The predicted octanol–water partition coefficient (Wildman–Crippen LogP) is 3.15. The number of nitrogens with one attached hydrogen (secondary N) is 1. The van der Waals surface area contributed by atoms with Gasteiger partial charge in [-0.3, -0.25) is 4.79 Å². The molecule has 0 bridgehead atoms. The number of hydrogen-bond acceptors (Lipinski definition) is 5. The Labute approximate surface area is 141 Å². The molecule has 0 fully saturated rings. The van der Waals surface area contributed by atoms with Crippen LogP contribution in [0, 0.1) is 0 Å². The van der Waals surface area contributed by atoms with Gasteiger partial charge in [-0.25, -0.2) is 4.57 Å². The lowest BCUT2D eigenvalue weighted by atomic mass is 10.3. The number of nitrogens with two attached hydrogens (primary N) is 1. The van der Waals surface area contributed by atoms with Crippen LogP contribution < -0.4 is 20.1 Å². The number of carbonyl (C=O) groups is 1. The summed E-state index contributed by atoms with van der Waals surface area (Å²) in [6, 6.07) is 16.6. The van der Waals surface area contributed by atoms with Crippen molar-refractivity contribution >= 4 is 13.5 Å². The van der Waals surface area contributed by atoms with Crippen LogP contribution in [0.2, 0.25) is 0 Å². The van der Waals surface area contributed by atoms with Crippen molar-refractivity contribution < 1.29 is 18.4 Å². The van der Waals surface area contributed by atoms with Crippen LogP contribution in [0.1, 0.15) is 13.8 Å². The van der Waals surface area contributed by atoms with E-state index in [9.17, 15) is 9.36 Å². The maximum absolute atomic E-state index is 13.3. The molecule has 0 heterocycles. The van der Waals surface area contributed by atoms with E-state index in [0.29, 0.717) is 11.5 Å². The summed E-state index contributed by atoms with van der Waals surface area (Å²) >= 11 is 0. The van der Waals surface area contributed by atoms with E-state index in [-0.39, 0.29) is 0 Å². The third-order valence-corrected chi connectivity index (χ3v) is 5.20. The van der Waals surface area contributed by atoms with Crippen LogP contribution in [0.5, 0.6) is 11.5 Å². The van der Waals surface area contributed by atoms with Gasteiger partial charge in [0.05, 0.1) is 6.04 Å². The van der Waals surface area contributed by atoms with Gasteiger partial charge in [0.1, 0.15) is 11.5 Å². The molecule has 6 nitrogen and oxygen atoms in total. The minimum Gasteiger partial charge on any atom is -0.415 e. The van der Waals surface area contributed by atoms with Gasteiger partial charge < -0.3 is 20.1 Å². The van der Waals surface area contributed by atoms with Gasteiger partial charge in [-0.1, -0.05) is 36.4 Å². The van der Waals surface area contributed by atoms with Crippen LogP contribution in [0.3, 0.4) is 0 Å². The first-order chi connectivity index (χ1) is 11.4. The van der Waals surface area contributed by atoms with Crippen LogP contribution in [0.25, 0.3) is 0 Å². The fourth-order valence-electron chi connectivity index (χ4n) is 1.85. The van der Waals surface area contributed by atoms with Crippen LogP contribution in [0.15, 0.2) is 60.7 Å². The minimum atomic E-state index is -3.74. The van der Waals surface area contributed by atoms with Gasteiger partial charge in [-0.2, -0.15) is 0 Å². The largest absolute Gasteiger partial charge is 0.452 e. The SMILES string of the molecule is CC(NC(=O)[C@H](C)N)P(=O)(Oc1ccccc1)Oc1ccccc1. The molecular formula is C17H21N2O4P. The van der Waals surface area contributed by atoms with Gasteiger partial charge in [0.2, 0.25) is 5.91 Å². The van der Waals surface area contributed by atoms with E-state index in [4.69, 9.17) is 14.8 Å². The summed E-state index contributed by atoms with van der Waals surface area (Å²) < 4.78 is 24.6. The summed E-state index contributed by atoms with van der Waals surface area (Å²) in [6.07, 6.45) is 0. The lowest BCUT2D eigenvalue weighted by Crippen LogP contribution is -2.43. The summed E-state index contributed by atoms with van der Waals surface area (Å²) in [5.41, 5.74) is 5.55. The lowest BCUT2D eigenvalue weighted by Gasteiger charge is -2.26. The van der Waals surface area contributed by atoms with Crippen LogP contribution in [0.4, 0.5) is 0 Å². The van der Waals surface area contributed by atoms with Crippen molar-refractivity contribution in [3.8, 4) is 11.5 Å². The van der Waals surface area contributed by atoms with Gasteiger partial charge in [0.25, 0.3) is 0 Å². The second-order valence-corrected chi connectivity index (χ2v) is 7.54. The Kier molecular flexibility index (Phi) is 6.01. The molecule has 0 aliphatic rings. The van der Waals surface area contributed by atoms with Crippen molar-refractivity contribution in [3.63, 3.8) is 0 Å². The number of hydrogen-bond donors (Lipinski definition) is 2. The fourth-order valence-corrected chi connectivity index (χ4v) is 3.32. The zero-order valence-corrected chi connectivity index (χ0v) is 14.5. The average molecular weight is 348 g/mol. The zero-order valence-electron chi connectivity index (χ0n) is 13.6. The second-order valence-electron chi connectivity index (χ2n) is 5.32. The molecule has 3 N–H and O–H groups in total. The molecule has 2 rings (SSSR count). The van der Waals surface area contributed by atoms with E-state index < -0.39 is 25.3 Å². The van der Waals surface area contributed by atoms with Crippen molar-refractivity contribution in [3.05, 3.63) is 60.7 Å². The van der Waals surface area contributed by atoms with E-state index >= 15 is 0 Å². The summed E-state index contributed by atoms with van der Waals surface area (Å²) in [6.45, 7) is 3.11. The molecule has 7 heteroatoms. The molecule has 0 saturated carbocycles. The van der Waals surface area contributed by atoms with Gasteiger partial charge >= 0.3 is 7.60 Å². The van der Waals surface area contributed by atoms with Crippen molar-refractivity contribution in [2.75, 3.05) is 0 Å². The fraction of sp³-hybridized carbons (Fsp3) is 0.235. The average Bonchev–Trinajstić information content (AvgIpc) is 2.56. The first-order valence-corrected chi connectivity index (χ1v) is 9.17. The smallest absolute Gasteiger partial charge is 0.415 e. The second kappa shape index (κ2) is 7.99. The number of rotatable bonds is 7. The number of benzene rings is 2. The number of amides is 1. The molecule has 2 atom stereocenters. The monoisotopic (exact) mass is 348 g/mol. The normalized spacial score (nSPS) is 13.6. The number of carbonyl (C=O) groups excluding carboxylic acids is 1. The zero-order chi connectivity index (χ0) is 17.6. The number of para-hydroxylation sites is 2. The van der Waals surface area contributed by atoms with Gasteiger partial charge in [-0.15, -0.1) is 0 Å². The van der Waals surface area contributed by atoms with E-state index in [1.165, 1.54) is 0 Å². The molecule has 128 valence electrons. The highest BCUT2D eigenvalue weighted by Gasteiger charge is 2.37. The first-order valence-electron chi connectivity index (χ1n) is 7.56. The van der Waals surface area contributed by atoms with E-state index in [2.05, 4.69) is 5.32 Å². The van der Waals surface area contributed by atoms with E-state index in [1.807, 2.05) is 12.1 Å². The molecule has 0 aliphatic carbocycles.